The second-order valence-corrected chi connectivity index (χ2v) is 4.11. The third-order valence-corrected chi connectivity index (χ3v) is 2.89. The highest BCUT2D eigenvalue weighted by atomic mass is 35.5. The molecule has 0 spiro atoms. The zero-order valence-corrected chi connectivity index (χ0v) is 11.3. The Morgan fingerprint density at radius 1 is 1.25 bits per heavy atom. The Labute approximate surface area is 117 Å². The van der Waals surface area contributed by atoms with Gasteiger partial charge in [-0.25, -0.2) is 9.36 Å². The first kappa shape index (κ1) is 14.1. The summed E-state index contributed by atoms with van der Waals surface area (Å²) in [6.45, 7) is 0. The predicted molar refractivity (Wildman–Crippen MR) is 70.7 cm³/mol. The number of aromatic nitrogens is 2. The lowest BCUT2D eigenvalue weighted by atomic mass is 10.2. The molecule has 0 radical (unpaired) electrons. The minimum Gasteiger partial charge on any atom is -0.497 e. The molecule has 1 aromatic carbocycles. The van der Waals surface area contributed by atoms with E-state index in [0.717, 1.165) is 0 Å². The highest BCUT2D eigenvalue weighted by Gasteiger charge is 2.17. The third-order valence-electron chi connectivity index (χ3n) is 2.63. The molecule has 1 heterocycles. The number of halogens is 2. The molecule has 0 aliphatic heterocycles. The van der Waals surface area contributed by atoms with Gasteiger partial charge in [-0.15, -0.1) is 0 Å². The van der Waals surface area contributed by atoms with Crippen LogP contribution < -0.4 is 20.7 Å². The lowest BCUT2D eigenvalue weighted by molar-refractivity contribution is 0.392. The number of nitrogens with zero attached hydrogens (tertiary/aromatic N) is 1. The minimum absolute atomic E-state index is 0.0788. The van der Waals surface area contributed by atoms with E-state index in [-0.39, 0.29) is 11.4 Å². The van der Waals surface area contributed by atoms with E-state index in [2.05, 4.69) is 0 Å². The Hall–Kier alpha value is -2.28. The van der Waals surface area contributed by atoms with Gasteiger partial charge in [0.05, 0.1) is 19.9 Å². The van der Waals surface area contributed by atoms with Crippen molar-refractivity contribution in [2.45, 2.75) is 0 Å². The van der Waals surface area contributed by atoms with Crippen molar-refractivity contribution in [3.8, 4) is 17.2 Å². The molecule has 2 aromatic rings. The van der Waals surface area contributed by atoms with Crippen LogP contribution in [-0.2, 0) is 0 Å². The molecule has 0 unspecified atom stereocenters. The molecule has 0 aliphatic rings. The van der Waals surface area contributed by atoms with E-state index >= 15 is 0 Å². The molecule has 1 N–H and O–H groups in total. The maximum Gasteiger partial charge on any atom is 0.334 e. The number of rotatable bonds is 3. The number of benzene rings is 1. The van der Waals surface area contributed by atoms with Crippen LogP contribution in [0, 0.1) is 5.82 Å². The van der Waals surface area contributed by atoms with Crippen molar-refractivity contribution in [1.29, 1.82) is 0 Å². The lowest BCUT2D eigenvalue weighted by Crippen LogP contribution is -2.36. The van der Waals surface area contributed by atoms with Gasteiger partial charge in [0.1, 0.15) is 11.5 Å². The molecule has 20 heavy (non-hydrogen) atoms. The molecule has 0 aliphatic carbocycles. The van der Waals surface area contributed by atoms with Crippen molar-refractivity contribution in [2.75, 3.05) is 14.2 Å². The lowest BCUT2D eigenvalue weighted by Gasteiger charge is -2.11. The van der Waals surface area contributed by atoms with Crippen LogP contribution >= 0.6 is 11.6 Å². The summed E-state index contributed by atoms with van der Waals surface area (Å²) < 4.78 is 24.2. The Bertz CT molecular complexity index is 769. The summed E-state index contributed by atoms with van der Waals surface area (Å²) in [7, 11) is 2.80. The molecule has 0 atom stereocenters. The van der Waals surface area contributed by atoms with Gasteiger partial charge in [0, 0.05) is 6.07 Å². The van der Waals surface area contributed by atoms with Crippen LogP contribution in [0.5, 0.6) is 11.5 Å². The van der Waals surface area contributed by atoms with E-state index in [1.165, 1.54) is 32.4 Å². The smallest absolute Gasteiger partial charge is 0.334 e. The highest BCUT2D eigenvalue weighted by Crippen LogP contribution is 2.26. The van der Waals surface area contributed by atoms with Crippen molar-refractivity contribution in [3.05, 3.63) is 50.0 Å². The van der Waals surface area contributed by atoms with Crippen molar-refractivity contribution >= 4 is 11.6 Å². The summed E-state index contributed by atoms with van der Waals surface area (Å²) in [4.78, 5) is 25.7. The number of H-pyrrole nitrogens is 1. The number of aromatic amines is 1. The van der Waals surface area contributed by atoms with E-state index in [1.54, 1.807) is 0 Å². The van der Waals surface area contributed by atoms with Crippen molar-refractivity contribution in [3.63, 3.8) is 0 Å². The molecule has 2 rings (SSSR count). The van der Waals surface area contributed by atoms with Gasteiger partial charge in [0.2, 0.25) is 5.82 Å². The number of hydrogen-bond donors (Lipinski definition) is 1. The maximum atomic E-state index is 13.5. The predicted octanol–water partition coefficient (Wildman–Crippen LogP) is 1.34. The minimum atomic E-state index is -1.25. The van der Waals surface area contributed by atoms with Gasteiger partial charge in [-0.1, -0.05) is 11.6 Å². The van der Waals surface area contributed by atoms with Gasteiger partial charge in [-0.05, 0) is 12.1 Å². The molecule has 106 valence electrons. The van der Waals surface area contributed by atoms with Crippen molar-refractivity contribution in [2.24, 2.45) is 0 Å². The molecule has 0 bridgehead atoms. The Morgan fingerprint density at radius 3 is 2.55 bits per heavy atom. The number of hydrogen-bond acceptors (Lipinski definition) is 4. The number of ether oxygens (including phenoxy) is 2. The van der Waals surface area contributed by atoms with E-state index in [1.807, 2.05) is 4.98 Å². The molecular formula is C12H10ClFN2O4. The normalized spacial score (nSPS) is 10.4. The molecule has 6 nitrogen and oxygen atoms in total. The summed E-state index contributed by atoms with van der Waals surface area (Å²) in [6, 6.07) is 4.38. The molecule has 0 amide bonds. The third kappa shape index (κ3) is 2.27. The molecule has 0 fully saturated rings. The van der Waals surface area contributed by atoms with Crippen LogP contribution in [0.4, 0.5) is 4.39 Å². The van der Waals surface area contributed by atoms with E-state index < -0.39 is 22.2 Å². The van der Waals surface area contributed by atoms with Crippen molar-refractivity contribution < 1.29 is 13.9 Å². The van der Waals surface area contributed by atoms with Crippen LogP contribution in [-0.4, -0.2) is 23.8 Å². The van der Waals surface area contributed by atoms with E-state index in [9.17, 15) is 14.0 Å². The average Bonchev–Trinajstić information content (AvgIpc) is 2.45. The first-order chi connectivity index (χ1) is 9.49. The van der Waals surface area contributed by atoms with Gasteiger partial charge < -0.3 is 9.47 Å². The zero-order valence-electron chi connectivity index (χ0n) is 10.6. The second kappa shape index (κ2) is 5.38. The van der Waals surface area contributed by atoms with Crippen LogP contribution in [0.25, 0.3) is 5.69 Å². The molecular weight excluding hydrogens is 291 g/mol. The zero-order chi connectivity index (χ0) is 14.9. The molecule has 0 saturated carbocycles. The highest BCUT2D eigenvalue weighted by molar-refractivity contribution is 6.29. The summed E-state index contributed by atoms with van der Waals surface area (Å²) in [5, 5.41) is -0.635. The summed E-state index contributed by atoms with van der Waals surface area (Å²) >= 11 is 5.40. The van der Waals surface area contributed by atoms with Gasteiger partial charge in [-0.2, -0.15) is 4.39 Å². The van der Waals surface area contributed by atoms with Gasteiger partial charge in [0.25, 0.3) is 5.56 Å². The van der Waals surface area contributed by atoms with Gasteiger partial charge >= 0.3 is 5.69 Å². The van der Waals surface area contributed by atoms with Crippen LogP contribution in [0.15, 0.2) is 27.8 Å². The fraction of sp³-hybridized carbons (Fsp3) is 0.167. The summed E-state index contributed by atoms with van der Waals surface area (Å²) in [5.41, 5.74) is -1.96. The van der Waals surface area contributed by atoms with Crippen LogP contribution in [0.2, 0.25) is 5.15 Å². The summed E-state index contributed by atoms with van der Waals surface area (Å²) in [5.74, 6) is -0.604. The van der Waals surface area contributed by atoms with E-state index in [0.29, 0.717) is 10.3 Å². The summed E-state index contributed by atoms with van der Waals surface area (Å²) in [6.07, 6.45) is 0. The Morgan fingerprint density at radius 2 is 1.95 bits per heavy atom. The SMILES string of the molecule is COc1ccc(-n2c(=O)[nH]c(Cl)c(F)c2=O)c(OC)c1. The van der Waals surface area contributed by atoms with Gasteiger partial charge in [-0.3, -0.25) is 9.78 Å². The molecule has 0 saturated heterocycles. The van der Waals surface area contributed by atoms with Crippen LogP contribution in [0.1, 0.15) is 0 Å². The Balaban J connectivity index is 2.79. The first-order valence-corrected chi connectivity index (χ1v) is 5.80. The fourth-order valence-corrected chi connectivity index (χ4v) is 1.84. The molecule has 1 aromatic heterocycles. The number of methoxy groups -OCH3 is 2. The topological polar surface area (TPSA) is 73.3 Å². The Kier molecular flexibility index (Phi) is 3.80. The largest absolute Gasteiger partial charge is 0.497 e. The quantitative estimate of drug-likeness (QED) is 0.868. The molecule has 8 heteroatoms. The van der Waals surface area contributed by atoms with Gasteiger partial charge in [0.15, 0.2) is 5.15 Å². The average molecular weight is 301 g/mol. The fourth-order valence-electron chi connectivity index (χ4n) is 1.68. The first-order valence-electron chi connectivity index (χ1n) is 5.42. The van der Waals surface area contributed by atoms with Crippen LogP contribution in [0.3, 0.4) is 0 Å². The maximum absolute atomic E-state index is 13.5. The monoisotopic (exact) mass is 300 g/mol. The number of nitrogens with one attached hydrogen (secondary N) is 1. The standard InChI is InChI=1S/C12H10ClFN2O4/c1-19-6-3-4-7(8(5-6)20-2)16-11(17)9(14)10(13)15-12(16)18/h3-5H,1-2H3,(H,15,18). The van der Waals surface area contributed by atoms with E-state index in [4.69, 9.17) is 21.1 Å². The van der Waals surface area contributed by atoms with Crippen molar-refractivity contribution in [1.82, 2.24) is 9.55 Å². The second-order valence-electron chi connectivity index (χ2n) is 3.74.